The van der Waals surface area contributed by atoms with E-state index < -0.39 is 12.0 Å². The molecule has 3 aromatic carbocycles. The maximum Gasteiger partial charge on any atom is 0.451 e. The first-order valence-corrected chi connectivity index (χ1v) is 9.78. The van der Waals surface area contributed by atoms with Gasteiger partial charge < -0.3 is 10.1 Å². The lowest BCUT2D eigenvalue weighted by atomic mass is 10.2. The van der Waals surface area contributed by atoms with Crippen LogP contribution in [0.5, 0.6) is 11.6 Å². The number of nitrogens with one attached hydrogen (secondary N) is 1. The average Bonchev–Trinajstić information content (AvgIpc) is 2.74. The molecule has 9 heteroatoms. The minimum Gasteiger partial charge on any atom is -0.438 e. The summed E-state index contributed by atoms with van der Waals surface area (Å²) in [6.07, 6.45) is -4.71. The number of fused-ring (bicyclic) bond motifs is 1. The van der Waals surface area contributed by atoms with E-state index in [9.17, 15) is 18.0 Å². The molecule has 1 N–H and O–H groups in total. The van der Waals surface area contributed by atoms with Crippen molar-refractivity contribution in [3.63, 3.8) is 0 Å². The van der Waals surface area contributed by atoms with Crippen molar-refractivity contribution >= 4 is 38.4 Å². The first-order valence-electron chi connectivity index (χ1n) is 8.99. The van der Waals surface area contributed by atoms with Crippen LogP contribution >= 0.6 is 15.9 Å². The van der Waals surface area contributed by atoms with Gasteiger partial charge in [-0.15, -0.1) is 0 Å². The largest absolute Gasteiger partial charge is 0.451 e. The molecule has 1 amide bonds. The SMILES string of the molecule is O=C(Nc1ccc(Oc2nc(C(F)(F)F)nc3ccccc23)cc1)c1ccccc1Br. The van der Waals surface area contributed by atoms with Crippen molar-refractivity contribution in [2.45, 2.75) is 6.18 Å². The highest BCUT2D eigenvalue weighted by molar-refractivity contribution is 9.10. The van der Waals surface area contributed by atoms with Crippen LogP contribution in [0.2, 0.25) is 0 Å². The van der Waals surface area contributed by atoms with E-state index in [1.165, 1.54) is 18.2 Å². The molecular formula is C22H13BrF3N3O2. The Hall–Kier alpha value is -3.46. The maximum absolute atomic E-state index is 13.2. The van der Waals surface area contributed by atoms with Crippen LogP contribution in [0.25, 0.3) is 10.9 Å². The van der Waals surface area contributed by atoms with E-state index in [4.69, 9.17) is 4.74 Å². The van der Waals surface area contributed by atoms with Crippen molar-refractivity contribution in [1.29, 1.82) is 0 Å². The predicted molar refractivity (Wildman–Crippen MR) is 113 cm³/mol. The van der Waals surface area contributed by atoms with Gasteiger partial charge >= 0.3 is 6.18 Å². The molecule has 0 spiro atoms. The normalized spacial score (nSPS) is 11.4. The van der Waals surface area contributed by atoms with Gasteiger partial charge in [0.15, 0.2) is 0 Å². The molecule has 0 unspecified atom stereocenters. The standard InChI is InChI=1S/C22H13BrF3N3O2/c23-17-7-3-1-5-15(17)19(30)27-13-9-11-14(12-10-13)31-20-16-6-2-4-8-18(16)28-21(29-20)22(24,25)26/h1-12H,(H,27,30). The molecular weight excluding hydrogens is 475 g/mol. The fourth-order valence-corrected chi connectivity index (χ4v) is 3.28. The number of ether oxygens (including phenoxy) is 1. The van der Waals surface area contributed by atoms with Crippen LogP contribution in [0.15, 0.2) is 77.3 Å². The zero-order valence-corrected chi connectivity index (χ0v) is 17.2. The van der Waals surface area contributed by atoms with Gasteiger partial charge in [0.25, 0.3) is 5.91 Å². The van der Waals surface area contributed by atoms with Gasteiger partial charge in [0.2, 0.25) is 11.7 Å². The van der Waals surface area contributed by atoms with Crippen LogP contribution in [0.4, 0.5) is 18.9 Å². The maximum atomic E-state index is 13.2. The number of alkyl halides is 3. The van der Waals surface area contributed by atoms with Gasteiger partial charge in [-0.05, 0) is 64.5 Å². The van der Waals surface area contributed by atoms with Gasteiger partial charge in [0, 0.05) is 10.2 Å². The molecule has 31 heavy (non-hydrogen) atoms. The Labute approximate surface area is 183 Å². The summed E-state index contributed by atoms with van der Waals surface area (Å²) in [4.78, 5) is 19.5. The van der Waals surface area contributed by atoms with Gasteiger partial charge in [-0.3, -0.25) is 4.79 Å². The second-order valence-corrected chi connectivity index (χ2v) is 7.28. The summed E-state index contributed by atoms with van der Waals surface area (Å²) in [6, 6.07) is 19.5. The van der Waals surface area contributed by atoms with Crippen LogP contribution in [-0.4, -0.2) is 15.9 Å². The third-order valence-corrected chi connectivity index (χ3v) is 4.96. The van der Waals surface area contributed by atoms with E-state index in [-0.39, 0.29) is 23.1 Å². The van der Waals surface area contributed by atoms with E-state index in [0.29, 0.717) is 21.1 Å². The van der Waals surface area contributed by atoms with Crippen molar-refractivity contribution in [1.82, 2.24) is 9.97 Å². The van der Waals surface area contributed by atoms with E-state index >= 15 is 0 Å². The zero-order chi connectivity index (χ0) is 22.0. The Morgan fingerprint density at radius 3 is 2.29 bits per heavy atom. The van der Waals surface area contributed by atoms with Gasteiger partial charge in [0.1, 0.15) is 5.75 Å². The smallest absolute Gasteiger partial charge is 0.438 e. The topological polar surface area (TPSA) is 64.1 Å². The molecule has 0 aliphatic heterocycles. The number of aromatic nitrogens is 2. The average molecular weight is 488 g/mol. The highest BCUT2D eigenvalue weighted by Crippen LogP contribution is 2.33. The Morgan fingerprint density at radius 1 is 0.903 bits per heavy atom. The molecule has 0 bridgehead atoms. The van der Waals surface area contributed by atoms with E-state index in [2.05, 4.69) is 31.2 Å². The summed E-state index contributed by atoms with van der Waals surface area (Å²) in [5.74, 6) is -1.53. The second kappa shape index (κ2) is 8.35. The highest BCUT2D eigenvalue weighted by atomic mass is 79.9. The lowest BCUT2D eigenvalue weighted by Gasteiger charge is -2.12. The van der Waals surface area contributed by atoms with E-state index in [1.54, 1.807) is 54.6 Å². The molecule has 156 valence electrons. The zero-order valence-electron chi connectivity index (χ0n) is 15.7. The van der Waals surface area contributed by atoms with Crippen molar-refractivity contribution < 1.29 is 22.7 Å². The fourth-order valence-electron chi connectivity index (χ4n) is 2.81. The molecule has 0 aliphatic carbocycles. The number of para-hydroxylation sites is 1. The number of anilines is 1. The molecule has 0 fully saturated rings. The number of halogens is 4. The highest BCUT2D eigenvalue weighted by Gasteiger charge is 2.35. The van der Waals surface area contributed by atoms with Gasteiger partial charge in [0.05, 0.1) is 16.5 Å². The second-order valence-electron chi connectivity index (χ2n) is 6.43. The molecule has 5 nitrogen and oxygen atoms in total. The van der Waals surface area contributed by atoms with Crippen LogP contribution < -0.4 is 10.1 Å². The number of amides is 1. The molecule has 0 atom stereocenters. The summed E-state index contributed by atoms with van der Waals surface area (Å²) < 4.78 is 45.7. The molecule has 0 aliphatic rings. The number of hydrogen-bond donors (Lipinski definition) is 1. The predicted octanol–water partition coefficient (Wildman–Crippen LogP) is 6.46. The summed E-state index contributed by atoms with van der Waals surface area (Å²) in [5.41, 5.74) is 1.09. The van der Waals surface area contributed by atoms with Crippen LogP contribution in [-0.2, 0) is 6.18 Å². The molecule has 4 rings (SSSR count). The Balaban J connectivity index is 1.58. The number of nitrogens with zero attached hydrogens (tertiary/aromatic N) is 2. The van der Waals surface area contributed by atoms with Crippen LogP contribution in [0.1, 0.15) is 16.2 Å². The third kappa shape index (κ3) is 4.66. The number of carbonyl (C=O) groups is 1. The molecule has 0 saturated carbocycles. The Kier molecular flexibility index (Phi) is 5.60. The monoisotopic (exact) mass is 487 g/mol. The van der Waals surface area contributed by atoms with Crippen molar-refractivity contribution in [2.24, 2.45) is 0 Å². The van der Waals surface area contributed by atoms with Crippen molar-refractivity contribution in [3.8, 4) is 11.6 Å². The molecule has 0 saturated heterocycles. The quantitative estimate of drug-likeness (QED) is 0.359. The summed E-state index contributed by atoms with van der Waals surface area (Å²) in [6.45, 7) is 0. The first-order chi connectivity index (χ1) is 14.8. The van der Waals surface area contributed by atoms with Gasteiger partial charge in [-0.25, -0.2) is 4.98 Å². The van der Waals surface area contributed by atoms with Crippen LogP contribution in [0, 0.1) is 0 Å². The van der Waals surface area contributed by atoms with E-state index in [1.807, 2.05) is 0 Å². The number of rotatable bonds is 4. The number of benzene rings is 3. The minimum absolute atomic E-state index is 0.122. The third-order valence-electron chi connectivity index (χ3n) is 4.27. The molecule has 1 aromatic heterocycles. The van der Waals surface area contributed by atoms with Gasteiger partial charge in [-0.1, -0.05) is 24.3 Å². The van der Waals surface area contributed by atoms with Gasteiger partial charge in [-0.2, -0.15) is 18.2 Å². The van der Waals surface area contributed by atoms with Crippen LogP contribution in [0.3, 0.4) is 0 Å². The lowest BCUT2D eigenvalue weighted by molar-refractivity contribution is -0.144. The molecule has 4 aromatic rings. The fraction of sp³-hybridized carbons (Fsp3) is 0.0455. The summed E-state index contributed by atoms with van der Waals surface area (Å²) in [5, 5.41) is 3.10. The molecule has 1 heterocycles. The Bertz CT molecular complexity index is 1260. The Morgan fingerprint density at radius 2 is 1.58 bits per heavy atom. The van der Waals surface area contributed by atoms with E-state index in [0.717, 1.165) is 0 Å². The lowest BCUT2D eigenvalue weighted by Crippen LogP contribution is -2.12. The minimum atomic E-state index is -4.71. The number of hydrogen-bond acceptors (Lipinski definition) is 4. The molecule has 0 radical (unpaired) electrons. The first kappa shape index (κ1) is 20.8. The summed E-state index contributed by atoms with van der Waals surface area (Å²) in [7, 11) is 0. The summed E-state index contributed by atoms with van der Waals surface area (Å²) >= 11 is 3.33. The van der Waals surface area contributed by atoms with Crippen molar-refractivity contribution in [3.05, 3.63) is 88.7 Å². The van der Waals surface area contributed by atoms with Crippen molar-refractivity contribution in [2.75, 3.05) is 5.32 Å². The number of carbonyl (C=O) groups excluding carboxylic acids is 1.